The zero-order valence-corrected chi connectivity index (χ0v) is 10.7. The second-order valence-electron chi connectivity index (χ2n) is 5.16. The highest BCUT2D eigenvalue weighted by atomic mass is 28.4. The molecular formula is C10H20N2OSi. The molecule has 1 heterocycles. The van der Waals surface area contributed by atoms with Crippen molar-refractivity contribution in [2.75, 3.05) is 0 Å². The van der Waals surface area contributed by atoms with Gasteiger partial charge in [-0.1, -0.05) is 20.8 Å². The minimum Gasteiger partial charge on any atom is -0.412 e. The zero-order chi connectivity index (χ0) is 10.8. The van der Waals surface area contributed by atoms with E-state index in [4.69, 9.17) is 4.43 Å². The summed E-state index contributed by atoms with van der Waals surface area (Å²) in [5.74, 6) is 0. The van der Waals surface area contributed by atoms with Crippen LogP contribution in [0, 0.1) is 0 Å². The van der Waals surface area contributed by atoms with E-state index in [0.717, 1.165) is 5.56 Å². The Morgan fingerprint density at radius 3 is 2.50 bits per heavy atom. The molecule has 0 spiro atoms. The van der Waals surface area contributed by atoms with Crippen LogP contribution in [0.25, 0.3) is 0 Å². The average molecular weight is 212 g/mol. The topological polar surface area (TPSA) is 37.9 Å². The lowest BCUT2D eigenvalue weighted by Gasteiger charge is -2.36. The molecule has 0 saturated carbocycles. The Morgan fingerprint density at radius 1 is 1.43 bits per heavy atom. The highest BCUT2D eigenvalue weighted by molar-refractivity contribution is 6.74. The van der Waals surface area contributed by atoms with Crippen LogP contribution in [-0.2, 0) is 11.0 Å². The van der Waals surface area contributed by atoms with Gasteiger partial charge in [-0.15, -0.1) is 0 Å². The number of H-pyrrole nitrogens is 1. The maximum absolute atomic E-state index is 6.02. The van der Waals surface area contributed by atoms with Crippen LogP contribution in [0.4, 0.5) is 0 Å². The van der Waals surface area contributed by atoms with Crippen molar-refractivity contribution in [3.63, 3.8) is 0 Å². The van der Waals surface area contributed by atoms with E-state index in [9.17, 15) is 0 Å². The third-order valence-electron chi connectivity index (χ3n) is 2.96. The monoisotopic (exact) mass is 212 g/mol. The fourth-order valence-corrected chi connectivity index (χ4v) is 1.80. The third-order valence-corrected chi connectivity index (χ3v) is 7.44. The molecule has 3 nitrogen and oxygen atoms in total. The first kappa shape index (κ1) is 11.5. The Hall–Kier alpha value is -0.613. The summed E-state index contributed by atoms with van der Waals surface area (Å²) in [5.41, 5.74) is 1.12. The highest BCUT2D eigenvalue weighted by Gasteiger charge is 2.36. The van der Waals surface area contributed by atoms with Gasteiger partial charge in [-0.3, -0.25) is 5.10 Å². The Kier molecular flexibility index (Phi) is 3.16. The molecule has 1 aromatic rings. The molecule has 1 N–H and O–H groups in total. The normalized spacial score (nSPS) is 13.2. The molecule has 0 unspecified atom stereocenters. The number of hydrogen-bond acceptors (Lipinski definition) is 2. The first-order chi connectivity index (χ1) is 6.33. The second kappa shape index (κ2) is 3.86. The summed E-state index contributed by atoms with van der Waals surface area (Å²) in [6.07, 6.45) is 3.69. The molecule has 0 aliphatic heterocycles. The van der Waals surface area contributed by atoms with Crippen LogP contribution in [0.3, 0.4) is 0 Å². The summed E-state index contributed by atoms with van der Waals surface area (Å²) in [6.45, 7) is 11.9. The van der Waals surface area contributed by atoms with Crippen molar-refractivity contribution >= 4 is 8.32 Å². The van der Waals surface area contributed by atoms with Crippen molar-refractivity contribution in [2.45, 2.75) is 45.5 Å². The van der Waals surface area contributed by atoms with Gasteiger partial charge < -0.3 is 4.43 Å². The predicted molar refractivity (Wildman–Crippen MR) is 60.6 cm³/mol. The minimum atomic E-state index is -1.60. The Morgan fingerprint density at radius 2 is 2.07 bits per heavy atom. The fourth-order valence-electron chi connectivity index (χ4n) is 0.837. The Labute approximate surface area is 87.0 Å². The molecule has 1 aromatic heterocycles. The van der Waals surface area contributed by atoms with Crippen LogP contribution in [0.1, 0.15) is 26.3 Å². The summed E-state index contributed by atoms with van der Waals surface area (Å²) in [5, 5.41) is 6.96. The molecule has 0 aliphatic rings. The molecule has 0 amide bonds. The quantitative estimate of drug-likeness (QED) is 0.782. The van der Waals surface area contributed by atoms with Gasteiger partial charge in [0.2, 0.25) is 0 Å². The lowest BCUT2D eigenvalue weighted by atomic mass is 10.2. The van der Waals surface area contributed by atoms with Crippen LogP contribution < -0.4 is 0 Å². The van der Waals surface area contributed by atoms with E-state index in [-0.39, 0.29) is 5.04 Å². The second-order valence-corrected chi connectivity index (χ2v) is 9.96. The molecule has 1 rings (SSSR count). The van der Waals surface area contributed by atoms with Crippen LogP contribution in [0.15, 0.2) is 12.4 Å². The molecule has 0 aliphatic carbocycles. The highest BCUT2D eigenvalue weighted by Crippen LogP contribution is 2.36. The number of aromatic amines is 1. The van der Waals surface area contributed by atoms with Gasteiger partial charge in [0.15, 0.2) is 8.32 Å². The molecule has 14 heavy (non-hydrogen) atoms. The lowest BCUT2D eigenvalue weighted by molar-refractivity contribution is 0.276. The van der Waals surface area contributed by atoms with Crippen molar-refractivity contribution in [2.24, 2.45) is 0 Å². The van der Waals surface area contributed by atoms with Gasteiger partial charge in [0.1, 0.15) is 0 Å². The smallest absolute Gasteiger partial charge is 0.192 e. The van der Waals surface area contributed by atoms with Gasteiger partial charge in [-0.25, -0.2) is 0 Å². The van der Waals surface area contributed by atoms with Gasteiger partial charge >= 0.3 is 0 Å². The van der Waals surface area contributed by atoms with E-state index >= 15 is 0 Å². The number of nitrogens with zero attached hydrogens (tertiary/aromatic N) is 1. The van der Waals surface area contributed by atoms with Crippen LogP contribution >= 0.6 is 0 Å². The number of nitrogens with one attached hydrogen (secondary N) is 1. The van der Waals surface area contributed by atoms with E-state index in [1.54, 1.807) is 0 Å². The van der Waals surface area contributed by atoms with Crippen molar-refractivity contribution < 1.29 is 4.43 Å². The zero-order valence-electron chi connectivity index (χ0n) is 9.72. The van der Waals surface area contributed by atoms with Crippen LogP contribution in [0.5, 0.6) is 0 Å². The summed E-state index contributed by atoms with van der Waals surface area (Å²) in [7, 11) is -1.60. The molecule has 0 fully saturated rings. The molecule has 0 bridgehead atoms. The lowest BCUT2D eigenvalue weighted by Crippen LogP contribution is -2.40. The average Bonchev–Trinajstić information content (AvgIpc) is 2.50. The van der Waals surface area contributed by atoms with Gasteiger partial charge in [0.05, 0.1) is 12.8 Å². The van der Waals surface area contributed by atoms with Crippen LogP contribution in [-0.4, -0.2) is 18.5 Å². The number of rotatable bonds is 3. The first-order valence-electron chi connectivity index (χ1n) is 4.94. The molecule has 0 radical (unpaired) electrons. The van der Waals surface area contributed by atoms with E-state index in [1.165, 1.54) is 0 Å². The minimum absolute atomic E-state index is 0.275. The predicted octanol–water partition coefficient (Wildman–Crippen LogP) is 2.93. The van der Waals surface area contributed by atoms with Crippen molar-refractivity contribution in [1.82, 2.24) is 10.2 Å². The SMILES string of the molecule is CC(C)(C)[Si](C)(C)OCc1cn[nH]c1. The summed E-state index contributed by atoms with van der Waals surface area (Å²) in [6, 6.07) is 0. The van der Waals surface area contributed by atoms with Crippen molar-refractivity contribution in [3.8, 4) is 0 Å². The van der Waals surface area contributed by atoms with E-state index < -0.39 is 8.32 Å². The number of aromatic nitrogens is 2. The molecule has 0 saturated heterocycles. The Balaban J connectivity index is 2.53. The van der Waals surface area contributed by atoms with Gasteiger partial charge in [0, 0.05) is 11.8 Å². The van der Waals surface area contributed by atoms with E-state index in [0.29, 0.717) is 6.61 Å². The van der Waals surface area contributed by atoms with Gasteiger partial charge in [-0.2, -0.15) is 5.10 Å². The summed E-state index contributed by atoms with van der Waals surface area (Å²) < 4.78 is 6.02. The molecule has 0 aromatic carbocycles. The molecule has 80 valence electrons. The van der Waals surface area contributed by atoms with Crippen molar-refractivity contribution in [1.29, 1.82) is 0 Å². The fraction of sp³-hybridized carbons (Fsp3) is 0.700. The standard InChI is InChI=1S/C10H20N2OSi/c1-10(2,3)14(4,5)13-8-9-6-11-12-7-9/h6-7H,8H2,1-5H3,(H,11,12). The third kappa shape index (κ3) is 2.69. The molecule has 0 atom stereocenters. The van der Waals surface area contributed by atoms with Crippen molar-refractivity contribution in [3.05, 3.63) is 18.0 Å². The summed E-state index contributed by atoms with van der Waals surface area (Å²) in [4.78, 5) is 0. The maximum atomic E-state index is 6.02. The largest absolute Gasteiger partial charge is 0.412 e. The molecule has 4 heteroatoms. The van der Waals surface area contributed by atoms with E-state index in [2.05, 4.69) is 44.1 Å². The maximum Gasteiger partial charge on any atom is 0.192 e. The van der Waals surface area contributed by atoms with E-state index in [1.807, 2.05) is 12.4 Å². The van der Waals surface area contributed by atoms with Gasteiger partial charge in [0.25, 0.3) is 0 Å². The van der Waals surface area contributed by atoms with Crippen LogP contribution in [0.2, 0.25) is 18.1 Å². The number of hydrogen-bond donors (Lipinski definition) is 1. The molecular weight excluding hydrogens is 192 g/mol. The summed E-state index contributed by atoms with van der Waals surface area (Å²) >= 11 is 0. The first-order valence-corrected chi connectivity index (χ1v) is 7.85. The Bertz CT molecular complexity index is 275. The van der Waals surface area contributed by atoms with Gasteiger partial charge in [-0.05, 0) is 18.1 Å².